The Morgan fingerprint density at radius 1 is 0.786 bits per heavy atom. The number of rotatable bonds is 0. The summed E-state index contributed by atoms with van der Waals surface area (Å²) in [5.41, 5.74) is 0. The molecular weight excluding hydrogens is 308 g/mol. The molecule has 2 aliphatic rings. The average molecular weight is 317 g/mol. The fraction of sp³-hybridized carbons (Fsp3) is 0. The van der Waals surface area contributed by atoms with E-state index >= 15 is 0 Å². The summed E-state index contributed by atoms with van der Waals surface area (Å²) in [6.45, 7) is 0. The van der Waals surface area contributed by atoms with Crippen LogP contribution in [0.4, 0.5) is 0 Å². The van der Waals surface area contributed by atoms with Crippen molar-refractivity contribution in [3.63, 3.8) is 0 Å². The topological polar surface area (TPSA) is 0 Å². The summed E-state index contributed by atoms with van der Waals surface area (Å²) in [5, 5.41) is 0. The van der Waals surface area contributed by atoms with E-state index in [1.165, 1.54) is 0 Å². The minimum Gasteiger partial charge on any atom is -0.693 e. The fourth-order valence-corrected chi connectivity index (χ4v) is 0.778. The van der Waals surface area contributed by atoms with E-state index in [4.69, 9.17) is 6.42 Å². The molecule has 14 heavy (non-hydrogen) atoms. The van der Waals surface area contributed by atoms with Crippen molar-refractivity contribution in [3.05, 3.63) is 70.1 Å². The Morgan fingerprint density at radius 3 is 1.36 bits per heavy atom. The monoisotopic (exact) mass is 316 g/mol. The van der Waals surface area contributed by atoms with Gasteiger partial charge in [-0.25, -0.2) is 0 Å². The Balaban J connectivity index is 0. The summed E-state index contributed by atoms with van der Waals surface area (Å²) in [7, 11) is 0. The van der Waals surface area contributed by atoms with Crippen LogP contribution in [0.25, 0.3) is 0 Å². The molecule has 0 heterocycles. The van der Waals surface area contributed by atoms with Crippen molar-refractivity contribution in [1.82, 2.24) is 0 Å². The third-order valence-corrected chi connectivity index (χ3v) is 1.36. The molecule has 0 aliphatic heterocycles. The van der Waals surface area contributed by atoms with Crippen LogP contribution < -0.4 is 0 Å². The maximum atomic E-state index is 6.61. The summed E-state index contributed by atoms with van der Waals surface area (Å²) in [4.78, 5) is 0. The van der Waals surface area contributed by atoms with Gasteiger partial charge < -0.3 is 12.3 Å². The minimum absolute atomic E-state index is 0. The maximum absolute atomic E-state index is 6.61. The van der Waals surface area contributed by atoms with E-state index in [2.05, 4.69) is 5.92 Å². The standard InChI is InChI=1S/C7H4.C5H5.Ag.Fe/c1-2-7-5-3-4-6-7;1-2-4-5-3-1;;/h3-6H;1-5H;;/q-1;;+1;+2. The molecule has 0 saturated heterocycles. The zero-order valence-electron chi connectivity index (χ0n) is 7.35. The van der Waals surface area contributed by atoms with Crippen molar-refractivity contribution in [3.8, 4) is 5.92 Å². The van der Waals surface area contributed by atoms with Gasteiger partial charge in [0.25, 0.3) is 0 Å². The summed E-state index contributed by atoms with van der Waals surface area (Å²) in [6.07, 6.45) is 24.1. The van der Waals surface area contributed by atoms with Crippen LogP contribution in [0.15, 0.2) is 0 Å². The van der Waals surface area contributed by atoms with Crippen LogP contribution in [0.2, 0.25) is 0 Å². The van der Waals surface area contributed by atoms with Gasteiger partial charge in [-0.2, -0.15) is 0 Å². The smallest absolute Gasteiger partial charge is 0.693 e. The second-order valence-electron chi connectivity index (χ2n) is 2.26. The van der Waals surface area contributed by atoms with Gasteiger partial charge in [0.05, 0.1) is 0 Å². The van der Waals surface area contributed by atoms with Crippen LogP contribution >= 0.6 is 0 Å². The third kappa shape index (κ3) is 8.15. The summed E-state index contributed by atoms with van der Waals surface area (Å²) in [6, 6.07) is 0. The van der Waals surface area contributed by atoms with Gasteiger partial charge >= 0.3 is 39.4 Å². The molecule has 0 amide bonds. The molecule has 74 valence electrons. The first-order chi connectivity index (χ1) is 5.93. The Kier molecular flexibility index (Phi) is 14.6. The Morgan fingerprint density at radius 2 is 1.14 bits per heavy atom. The van der Waals surface area contributed by atoms with Crippen molar-refractivity contribution < 1.29 is 39.4 Å². The van der Waals surface area contributed by atoms with Gasteiger partial charge in [0.15, 0.2) is 0 Å². The Bertz CT molecular complexity index is 133. The van der Waals surface area contributed by atoms with Crippen LogP contribution in [-0.4, -0.2) is 0 Å². The third-order valence-electron chi connectivity index (χ3n) is 1.36. The van der Waals surface area contributed by atoms with E-state index in [0.29, 0.717) is 0 Å². The molecule has 0 atom stereocenters. The Labute approximate surface area is 115 Å². The molecule has 2 saturated carbocycles. The molecule has 2 heteroatoms. The van der Waals surface area contributed by atoms with E-state index in [1.807, 2.05) is 57.8 Å². The molecule has 2 fully saturated rings. The maximum Gasteiger partial charge on any atom is 2.00 e. The average Bonchev–Trinajstić information content (AvgIpc) is 2.81. The largest absolute Gasteiger partial charge is 2.00 e. The Hall–Kier alpha value is 0.820. The van der Waals surface area contributed by atoms with Gasteiger partial charge in [-0.1, -0.05) is 0 Å². The van der Waals surface area contributed by atoms with Gasteiger partial charge in [-0.3, -0.25) is 0 Å². The molecule has 2 rings (SSSR count). The number of hydrogen-bond acceptors (Lipinski definition) is 0. The van der Waals surface area contributed by atoms with E-state index < -0.39 is 0 Å². The number of hydrogen-bond donors (Lipinski definition) is 0. The fourth-order valence-electron chi connectivity index (χ4n) is 0.778. The van der Waals surface area contributed by atoms with E-state index in [0.717, 1.165) is 5.92 Å². The molecule has 0 unspecified atom stereocenters. The van der Waals surface area contributed by atoms with Gasteiger partial charge in [0, 0.05) is 5.92 Å². The molecule has 0 spiro atoms. The molecule has 0 aromatic rings. The van der Waals surface area contributed by atoms with Crippen LogP contribution in [0.5, 0.6) is 0 Å². The first-order valence-corrected chi connectivity index (χ1v) is 3.74. The first-order valence-electron chi connectivity index (χ1n) is 3.74. The molecule has 0 aromatic carbocycles. The zero-order valence-corrected chi connectivity index (χ0v) is 9.94. The first kappa shape index (κ1) is 17.2. The summed E-state index contributed by atoms with van der Waals surface area (Å²) < 4.78 is 0. The van der Waals surface area contributed by atoms with Crippen LogP contribution in [-0.2, 0) is 39.4 Å². The van der Waals surface area contributed by atoms with Crippen LogP contribution in [0.1, 0.15) is 0 Å². The van der Waals surface area contributed by atoms with Gasteiger partial charge in [-0.15, -0.1) is 0 Å². The van der Waals surface area contributed by atoms with E-state index in [9.17, 15) is 0 Å². The predicted molar refractivity (Wildman–Crippen MR) is 49.1 cm³/mol. The molecule has 0 nitrogen and oxygen atoms in total. The summed E-state index contributed by atoms with van der Waals surface area (Å²) >= 11 is 0. The molecular formula is C12H9AgFe+2. The predicted octanol–water partition coefficient (Wildman–Crippen LogP) is 2.00. The summed E-state index contributed by atoms with van der Waals surface area (Å²) in [5.74, 6) is 3.10. The second-order valence-corrected chi connectivity index (χ2v) is 2.26. The van der Waals surface area contributed by atoms with Crippen molar-refractivity contribution in [2.45, 2.75) is 0 Å². The van der Waals surface area contributed by atoms with Gasteiger partial charge in [0.1, 0.15) is 0 Å². The normalized spacial score (nSPS) is 19.6. The zero-order chi connectivity index (χ0) is 8.65. The second kappa shape index (κ2) is 11.9. The van der Waals surface area contributed by atoms with Gasteiger partial charge in [0.2, 0.25) is 0 Å². The molecule has 0 N–H and O–H groups in total. The van der Waals surface area contributed by atoms with E-state index in [1.54, 1.807) is 0 Å². The van der Waals surface area contributed by atoms with E-state index in [-0.39, 0.29) is 39.4 Å². The molecule has 10 radical (unpaired) electrons. The van der Waals surface area contributed by atoms with Crippen molar-refractivity contribution in [2.24, 2.45) is 0 Å². The minimum atomic E-state index is 0. The molecule has 0 aromatic heterocycles. The van der Waals surface area contributed by atoms with Crippen molar-refractivity contribution in [1.29, 1.82) is 0 Å². The quantitative estimate of drug-likeness (QED) is 0.364. The molecule has 0 bridgehead atoms. The SMILES string of the molecule is [Ag+].[C-]#C[C]1[CH][CH][CH][CH]1.[CH]1[CH][CH][CH][CH]1.[Fe+2]. The van der Waals surface area contributed by atoms with Crippen LogP contribution in [0, 0.1) is 76.0 Å². The van der Waals surface area contributed by atoms with Gasteiger partial charge in [-0.05, 0) is 57.8 Å². The van der Waals surface area contributed by atoms with Crippen molar-refractivity contribution in [2.75, 3.05) is 0 Å². The molecule has 2 aliphatic carbocycles. The van der Waals surface area contributed by atoms with Crippen LogP contribution in [0.3, 0.4) is 0 Å². The van der Waals surface area contributed by atoms with Crippen molar-refractivity contribution >= 4 is 0 Å².